The van der Waals surface area contributed by atoms with Gasteiger partial charge in [-0.05, 0) is 25.1 Å². The van der Waals surface area contributed by atoms with Gasteiger partial charge in [0.05, 0.1) is 6.10 Å². The third-order valence-electron chi connectivity index (χ3n) is 5.20. The minimum Gasteiger partial charge on any atom is -0.508 e. The van der Waals surface area contributed by atoms with Crippen LogP contribution in [0.2, 0.25) is 0 Å². The minimum absolute atomic E-state index is 0.0658. The van der Waals surface area contributed by atoms with Crippen molar-refractivity contribution in [3.05, 3.63) is 40.6 Å². The molecule has 0 spiro atoms. The van der Waals surface area contributed by atoms with Crippen molar-refractivity contribution in [1.82, 2.24) is 0 Å². The molecule has 2 aromatic carbocycles. The van der Waals surface area contributed by atoms with Gasteiger partial charge in [0.25, 0.3) is 0 Å². The number of hydrogen-bond donors (Lipinski definition) is 7. The Morgan fingerprint density at radius 1 is 0.875 bits per heavy atom. The highest BCUT2D eigenvalue weighted by Gasteiger charge is 2.44. The van der Waals surface area contributed by atoms with E-state index in [1.54, 1.807) is 0 Å². The molecule has 1 fully saturated rings. The summed E-state index contributed by atoms with van der Waals surface area (Å²) in [5, 5.41) is 69.2. The number of hydrogen-bond acceptors (Lipinski definition) is 11. The number of ether oxygens (including phenoxy) is 2. The molecular weight excluding hydrogens is 428 g/mol. The second kappa shape index (κ2) is 7.88. The monoisotopic (exact) mass is 448 g/mol. The fourth-order valence-electron chi connectivity index (χ4n) is 3.46. The molecule has 1 aliphatic heterocycles. The third kappa shape index (κ3) is 3.56. The van der Waals surface area contributed by atoms with Crippen LogP contribution in [0.1, 0.15) is 6.92 Å². The van der Waals surface area contributed by atoms with Gasteiger partial charge in [-0.1, -0.05) is 0 Å². The molecular formula is C21H20O11. The van der Waals surface area contributed by atoms with Gasteiger partial charge in [-0.2, -0.15) is 0 Å². The van der Waals surface area contributed by atoms with Crippen molar-refractivity contribution >= 4 is 11.0 Å². The first-order valence-corrected chi connectivity index (χ1v) is 9.50. The highest BCUT2D eigenvalue weighted by atomic mass is 16.7. The minimum atomic E-state index is -1.74. The van der Waals surface area contributed by atoms with Crippen LogP contribution in [-0.4, -0.2) is 66.5 Å². The molecule has 32 heavy (non-hydrogen) atoms. The van der Waals surface area contributed by atoms with Gasteiger partial charge in [0, 0.05) is 17.7 Å². The summed E-state index contributed by atoms with van der Waals surface area (Å²) in [6, 6.07) is 5.51. The zero-order valence-corrected chi connectivity index (χ0v) is 16.5. The lowest BCUT2D eigenvalue weighted by atomic mass is 10.00. The van der Waals surface area contributed by atoms with E-state index in [0.29, 0.717) is 0 Å². The maximum atomic E-state index is 13.2. The van der Waals surface area contributed by atoms with Crippen molar-refractivity contribution in [3.63, 3.8) is 0 Å². The summed E-state index contributed by atoms with van der Waals surface area (Å²) in [6.45, 7) is 1.42. The third-order valence-corrected chi connectivity index (χ3v) is 5.20. The van der Waals surface area contributed by atoms with Crippen LogP contribution in [0.15, 0.2) is 39.5 Å². The summed E-state index contributed by atoms with van der Waals surface area (Å²) in [5.41, 5.74) is -1.05. The summed E-state index contributed by atoms with van der Waals surface area (Å²) in [6.07, 6.45) is -7.35. The molecule has 5 atom stereocenters. The molecule has 4 unspecified atom stereocenters. The number of aliphatic hydroxyl groups is 3. The van der Waals surface area contributed by atoms with E-state index in [1.807, 2.05) is 0 Å². The van der Waals surface area contributed by atoms with Crippen LogP contribution in [0.3, 0.4) is 0 Å². The van der Waals surface area contributed by atoms with E-state index < -0.39 is 59.1 Å². The van der Waals surface area contributed by atoms with Gasteiger partial charge in [-0.3, -0.25) is 4.79 Å². The number of phenolic OH excluding ortho intramolecular Hbond substituents is 4. The lowest BCUT2D eigenvalue weighted by Crippen LogP contribution is -2.58. The Morgan fingerprint density at radius 3 is 2.28 bits per heavy atom. The average molecular weight is 448 g/mol. The van der Waals surface area contributed by atoms with Crippen LogP contribution in [0.4, 0.5) is 0 Å². The van der Waals surface area contributed by atoms with E-state index in [9.17, 15) is 40.5 Å². The van der Waals surface area contributed by atoms with Gasteiger partial charge in [0.1, 0.15) is 40.8 Å². The predicted octanol–water partition coefficient (Wildman–Crippen LogP) is 0.489. The van der Waals surface area contributed by atoms with Gasteiger partial charge < -0.3 is 49.6 Å². The zero-order chi connectivity index (χ0) is 23.3. The van der Waals surface area contributed by atoms with Crippen LogP contribution in [0.5, 0.6) is 28.7 Å². The number of phenols is 4. The number of aliphatic hydroxyl groups excluding tert-OH is 3. The average Bonchev–Trinajstić information content (AvgIpc) is 2.73. The summed E-state index contributed by atoms with van der Waals surface area (Å²) < 4.78 is 16.6. The SMILES string of the molecule is CC1O[C@@H](Oc2c(-c3ccc(O)c(O)c3)oc3cc(O)cc(O)c3c2=O)C(O)C(O)C1O. The molecule has 0 aliphatic carbocycles. The Hall–Kier alpha value is -3.51. The van der Waals surface area contributed by atoms with Crippen molar-refractivity contribution in [2.75, 3.05) is 0 Å². The summed E-state index contributed by atoms with van der Waals surface area (Å²) in [5.74, 6) is -2.80. The molecule has 7 N–H and O–H groups in total. The van der Waals surface area contributed by atoms with Gasteiger partial charge in [0.15, 0.2) is 17.3 Å². The molecule has 1 aliphatic rings. The summed E-state index contributed by atoms with van der Waals surface area (Å²) in [4.78, 5) is 13.2. The van der Waals surface area contributed by atoms with E-state index in [0.717, 1.165) is 24.3 Å². The molecule has 1 aromatic heterocycles. The van der Waals surface area contributed by atoms with Crippen molar-refractivity contribution in [2.24, 2.45) is 0 Å². The van der Waals surface area contributed by atoms with E-state index in [-0.39, 0.29) is 28.0 Å². The predicted molar refractivity (Wildman–Crippen MR) is 108 cm³/mol. The lowest BCUT2D eigenvalue weighted by molar-refractivity contribution is -0.268. The van der Waals surface area contributed by atoms with Crippen LogP contribution in [0, 0.1) is 0 Å². The summed E-state index contributed by atoms with van der Waals surface area (Å²) in [7, 11) is 0. The van der Waals surface area contributed by atoms with Gasteiger partial charge in [0.2, 0.25) is 17.5 Å². The Labute approximate surface area is 179 Å². The molecule has 11 nitrogen and oxygen atoms in total. The zero-order valence-electron chi connectivity index (χ0n) is 16.5. The Morgan fingerprint density at radius 2 is 1.59 bits per heavy atom. The molecule has 170 valence electrons. The second-order valence-electron chi connectivity index (χ2n) is 7.43. The van der Waals surface area contributed by atoms with Gasteiger partial charge in [-0.15, -0.1) is 0 Å². The summed E-state index contributed by atoms with van der Waals surface area (Å²) >= 11 is 0. The molecule has 3 aromatic rings. The van der Waals surface area contributed by atoms with E-state index in [1.165, 1.54) is 13.0 Å². The maximum absolute atomic E-state index is 13.2. The van der Waals surface area contributed by atoms with Crippen molar-refractivity contribution in [2.45, 2.75) is 37.6 Å². The highest BCUT2D eigenvalue weighted by molar-refractivity contribution is 5.88. The van der Waals surface area contributed by atoms with E-state index in [4.69, 9.17) is 13.9 Å². The number of benzene rings is 2. The number of aromatic hydroxyl groups is 4. The lowest BCUT2D eigenvalue weighted by Gasteiger charge is -2.38. The first kappa shape index (κ1) is 21.7. The molecule has 4 rings (SSSR count). The molecule has 0 saturated carbocycles. The quantitative estimate of drug-likeness (QED) is 0.276. The van der Waals surface area contributed by atoms with Gasteiger partial charge in [-0.25, -0.2) is 0 Å². The van der Waals surface area contributed by atoms with E-state index >= 15 is 0 Å². The second-order valence-corrected chi connectivity index (χ2v) is 7.43. The van der Waals surface area contributed by atoms with Gasteiger partial charge >= 0.3 is 0 Å². The van der Waals surface area contributed by atoms with Crippen LogP contribution >= 0.6 is 0 Å². The fourth-order valence-corrected chi connectivity index (χ4v) is 3.46. The van der Waals surface area contributed by atoms with Crippen LogP contribution in [0.25, 0.3) is 22.3 Å². The first-order valence-electron chi connectivity index (χ1n) is 9.50. The van der Waals surface area contributed by atoms with Crippen molar-refractivity contribution < 1.29 is 49.6 Å². The number of rotatable bonds is 3. The Balaban J connectivity index is 1.92. The smallest absolute Gasteiger partial charge is 0.239 e. The molecule has 0 bridgehead atoms. The van der Waals surface area contributed by atoms with Crippen molar-refractivity contribution in [3.8, 4) is 40.1 Å². The topological polar surface area (TPSA) is 190 Å². The van der Waals surface area contributed by atoms with E-state index in [2.05, 4.69) is 0 Å². The molecule has 0 amide bonds. The highest BCUT2D eigenvalue weighted by Crippen LogP contribution is 2.39. The Bertz CT molecular complexity index is 1230. The fraction of sp³-hybridized carbons (Fsp3) is 0.286. The molecule has 2 heterocycles. The normalized spacial score (nSPS) is 25.7. The molecule has 1 saturated heterocycles. The standard InChI is InChI=1S/C21H20O11/c1-7-15(26)17(28)18(29)21(30-7)32-20-16(27)14-12(25)5-9(22)6-13(14)31-19(20)8-2-3-10(23)11(24)4-8/h2-7,15,17-18,21-26,28-29H,1H3/t7?,15?,17?,18?,21-/m0/s1. The van der Waals surface area contributed by atoms with Crippen LogP contribution < -0.4 is 10.2 Å². The van der Waals surface area contributed by atoms with Crippen molar-refractivity contribution in [1.29, 1.82) is 0 Å². The largest absolute Gasteiger partial charge is 0.508 e. The van der Waals surface area contributed by atoms with Crippen LogP contribution in [-0.2, 0) is 4.74 Å². The molecule has 11 heteroatoms. The first-order chi connectivity index (χ1) is 15.1. The number of fused-ring (bicyclic) bond motifs is 1. The molecule has 0 radical (unpaired) electrons. The maximum Gasteiger partial charge on any atom is 0.239 e. The Kier molecular flexibility index (Phi) is 5.34.